The number of aromatic nitrogens is 2. The first-order chi connectivity index (χ1) is 14.6. The lowest BCUT2D eigenvalue weighted by molar-refractivity contribution is 0.601. The highest BCUT2D eigenvalue weighted by Gasteiger charge is 2.15. The van der Waals surface area contributed by atoms with Crippen LogP contribution in [0.15, 0.2) is 93.4 Å². The van der Waals surface area contributed by atoms with Crippen LogP contribution in [0.4, 0.5) is 16.5 Å². The molecule has 9 heteroatoms. The number of hydrogen-bond acceptors (Lipinski definition) is 6. The molecule has 0 fully saturated rings. The number of nitrogens with one attached hydrogen (secondary N) is 2. The maximum atomic E-state index is 12.4. The molecule has 30 heavy (non-hydrogen) atoms. The van der Waals surface area contributed by atoms with Crippen LogP contribution in [-0.2, 0) is 10.0 Å². The van der Waals surface area contributed by atoms with E-state index in [0.717, 1.165) is 27.5 Å². The number of benzene rings is 3. The Bertz CT molecular complexity index is 1470. The Labute approximate surface area is 176 Å². The van der Waals surface area contributed by atoms with Crippen LogP contribution in [0.5, 0.6) is 0 Å². The summed E-state index contributed by atoms with van der Waals surface area (Å²) in [4.78, 5) is 7.45. The molecule has 5 aromatic rings. The summed E-state index contributed by atoms with van der Waals surface area (Å²) in [6.45, 7) is 0. The van der Waals surface area contributed by atoms with Crippen LogP contribution in [0.3, 0.4) is 0 Å². The van der Waals surface area contributed by atoms with Crippen molar-refractivity contribution in [2.75, 3.05) is 4.72 Å². The fourth-order valence-corrected chi connectivity index (χ4v) is 4.94. The average molecular weight is 434 g/mol. The second-order valence-electron chi connectivity index (χ2n) is 6.54. The van der Waals surface area contributed by atoms with Crippen LogP contribution < -0.4 is 4.72 Å². The molecule has 0 aliphatic rings. The zero-order chi connectivity index (χ0) is 20.6. The number of para-hydroxylation sites is 1. The number of thiazole rings is 1. The van der Waals surface area contributed by atoms with Crippen molar-refractivity contribution in [3.05, 3.63) is 78.3 Å². The third kappa shape index (κ3) is 3.56. The summed E-state index contributed by atoms with van der Waals surface area (Å²) in [6, 6.07) is 20.2. The Morgan fingerprint density at radius 2 is 1.60 bits per heavy atom. The van der Waals surface area contributed by atoms with E-state index in [0.29, 0.717) is 10.8 Å². The van der Waals surface area contributed by atoms with Crippen molar-refractivity contribution in [3.8, 4) is 0 Å². The largest absolute Gasteiger partial charge is 0.355 e. The Morgan fingerprint density at radius 3 is 2.40 bits per heavy atom. The van der Waals surface area contributed by atoms with Crippen molar-refractivity contribution in [3.63, 3.8) is 0 Å². The van der Waals surface area contributed by atoms with Crippen LogP contribution in [0.2, 0.25) is 0 Å². The molecule has 0 amide bonds. The molecule has 3 aromatic carbocycles. The lowest BCUT2D eigenvalue weighted by Crippen LogP contribution is -2.12. The van der Waals surface area contributed by atoms with Gasteiger partial charge in [0.15, 0.2) is 5.13 Å². The molecule has 5 rings (SSSR count). The van der Waals surface area contributed by atoms with Gasteiger partial charge in [-0.25, -0.2) is 13.4 Å². The van der Waals surface area contributed by atoms with Gasteiger partial charge in [0.25, 0.3) is 10.0 Å². The minimum Gasteiger partial charge on any atom is -0.355 e. The van der Waals surface area contributed by atoms with Crippen LogP contribution in [0.25, 0.3) is 21.8 Å². The first-order valence-electron chi connectivity index (χ1n) is 9.03. The fraction of sp³-hybridized carbons (Fsp3) is 0. The standard InChI is InChI=1S/C21H15N5O2S2/c27-30(28,26-21-22-11-12-29-21)16-8-5-14(6-9-16)24-25-15-7-10-20-18(13-15)17-3-1-2-4-19(17)23-20/h1-13,23H,(H,22,26). The molecule has 0 saturated carbocycles. The molecule has 0 spiro atoms. The van der Waals surface area contributed by atoms with Crippen molar-refractivity contribution in [1.82, 2.24) is 9.97 Å². The van der Waals surface area contributed by atoms with E-state index in [-0.39, 0.29) is 4.90 Å². The van der Waals surface area contributed by atoms with E-state index in [9.17, 15) is 8.42 Å². The number of anilines is 1. The predicted octanol–water partition coefficient (Wildman–Crippen LogP) is 5.99. The molecular formula is C21H15N5O2S2. The molecule has 7 nitrogen and oxygen atoms in total. The Balaban J connectivity index is 1.38. The summed E-state index contributed by atoms with van der Waals surface area (Å²) < 4.78 is 27.2. The van der Waals surface area contributed by atoms with E-state index in [4.69, 9.17) is 0 Å². The van der Waals surface area contributed by atoms with E-state index in [2.05, 4.69) is 31.0 Å². The van der Waals surface area contributed by atoms with Crippen molar-refractivity contribution in [2.45, 2.75) is 4.90 Å². The molecule has 2 heterocycles. The van der Waals surface area contributed by atoms with Crippen molar-refractivity contribution >= 4 is 59.7 Å². The number of azo groups is 1. The normalized spacial score (nSPS) is 12.1. The Hall–Kier alpha value is -3.56. The highest BCUT2D eigenvalue weighted by Crippen LogP contribution is 2.29. The third-order valence-corrected chi connectivity index (χ3v) is 6.74. The van der Waals surface area contributed by atoms with Gasteiger partial charge in [-0.05, 0) is 48.5 Å². The van der Waals surface area contributed by atoms with E-state index < -0.39 is 10.0 Å². The highest BCUT2D eigenvalue weighted by molar-refractivity contribution is 7.93. The van der Waals surface area contributed by atoms with Gasteiger partial charge in [0.1, 0.15) is 0 Å². The quantitative estimate of drug-likeness (QED) is 0.333. The number of nitrogens with zero attached hydrogens (tertiary/aromatic N) is 3. The van der Waals surface area contributed by atoms with Crippen molar-refractivity contribution in [2.24, 2.45) is 10.2 Å². The second-order valence-corrected chi connectivity index (χ2v) is 9.11. The number of hydrogen-bond donors (Lipinski definition) is 2. The number of sulfonamides is 1. The third-order valence-electron chi connectivity index (χ3n) is 4.57. The van der Waals surface area contributed by atoms with Gasteiger partial charge in [-0.15, -0.1) is 11.3 Å². The topological polar surface area (TPSA) is 99.6 Å². The maximum absolute atomic E-state index is 12.4. The van der Waals surface area contributed by atoms with Gasteiger partial charge >= 0.3 is 0 Å². The molecule has 0 atom stereocenters. The van der Waals surface area contributed by atoms with Crippen LogP contribution >= 0.6 is 11.3 Å². The van der Waals surface area contributed by atoms with Gasteiger partial charge in [-0.2, -0.15) is 10.2 Å². The summed E-state index contributed by atoms with van der Waals surface area (Å²) >= 11 is 1.22. The summed E-state index contributed by atoms with van der Waals surface area (Å²) in [6.07, 6.45) is 1.54. The molecule has 0 unspecified atom stereocenters. The Morgan fingerprint density at radius 1 is 0.867 bits per heavy atom. The minimum atomic E-state index is -3.68. The lowest BCUT2D eigenvalue weighted by Gasteiger charge is -2.04. The van der Waals surface area contributed by atoms with Gasteiger partial charge in [0, 0.05) is 33.4 Å². The highest BCUT2D eigenvalue weighted by atomic mass is 32.2. The molecule has 148 valence electrons. The average Bonchev–Trinajstić information content (AvgIpc) is 3.39. The van der Waals surface area contributed by atoms with E-state index in [1.165, 1.54) is 23.5 Å². The van der Waals surface area contributed by atoms with Gasteiger partial charge in [0.2, 0.25) is 0 Å². The van der Waals surface area contributed by atoms with Crippen LogP contribution in [0.1, 0.15) is 0 Å². The van der Waals surface area contributed by atoms with Gasteiger partial charge in [0.05, 0.1) is 16.3 Å². The van der Waals surface area contributed by atoms with Gasteiger partial charge < -0.3 is 4.98 Å². The van der Waals surface area contributed by atoms with Gasteiger partial charge in [-0.1, -0.05) is 18.2 Å². The molecular weight excluding hydrogens is 418 g/mol. The molecule has 2 aromatic heterocycles. The molecule has 2 N–H and O–H groups in total. The zero-order valence-corrected chi connectivity index (χ0v) is 17.1. The van der Waals surface area contributed by atoms with E-state index >= 15 is 0 Å². The molecule has 0 bridgehead atoms. The SMILES string of the molecule is O=S(=O)(Nc1nccs1)c1ccc(N=Nc2ccc3[nH]c4ccccc4c3c2)cc1. The van der Waals surface area contributed by atoms with E-state index in [1.54, 1.807) is 23.7 Å². The smallest absolute Gasteiger partial charge is 0.263 e. The zero-order valence-electron chi connectivity index (χ0n) is 15.5. The first-order valence-corrected chi connectivity index (χ1v) is 11.4. The minimum absolute atomic E-state index is 0.136. The van der Waals surface area contributed by atoms with Gasteiger partial charge in [-0.3, -0.25) is 4.72 Å². The second kappa shape index (κ2) is 7.36. The fourth-order valence-electron chi connectivity index (χ4n) is 3.15. The predicted molar refractivity (Wildman–Crippen MR) is 119 cm³/mol. The van der Waals surface area contributed by atoms with Crippen molar-refractivity contribution in [1.29, 1.82) is 0 Å². The first kappa shape index (κ1) is 18.5. The Kier molecular flexibility index (Phi) is 4.53. The summed E-state index contributed by atoms with van der Waals surface area (Å²) in [5.74, 6) is 0. The van der Waals surface area contributed by atoms with E-state index in [1.807, 2.05) is 36.4 Å². The number of fused-ring (bicyclic) bond motifs is 3. The molecule has 0 radical (unpaired) electrons. The van der Waals surface area contributed by atoms with Crippen LogP contribution in [-0.4, -0.2) is 18.4 Å². The number of rotatable bonds is 5. The maximum Gasteiger partial charge on any atom is 0.263 e. The van der Waals surface area contributed by atoms with Crippen molar-refractivity contribution < 1.29 is 8.42 Å². The van der Waals surface area contributed by atoms with Crippen LogP contribution in [0, 0.1) is 0 Å². The molecule has 0 saturated heterocycles. The number of aromatic amines is 1. The molecule has 0 aliphatic heterocycles. The summed E-state index contributed by atoms with van der Waals surface area (Å²) in [5, 5.41) is 12.8. The monoisotopic (exact) mass is 433 g/mol. The summed E-state index contributed by atoms with van der Waals surface area (Å²) in [5.41, 5.74) is 3.39. The number of H-pyrrole nitrogens is 1. The lowest BCUT2D eigenvalue weighted by atomic mass is 10.1. The molecule has 0 aliphatic carbocycles. The summed E-state index contributed by atoms with van der Waals surface area (Å²) in [7, 11) is -3.68.